The van der Waals surface area contributed by atoms with E-state index >= 15 is 0 Å². The Morgan fingerprint density at radius 2 is 1.92 bits per heavy atom. The summed E-state index contributed by atoms with van der Waals surface area (Å²) in [4.78, 5) is 12.8. The maximum absolute atomic E-state index is 12.8. The van der Waals surface area contributed by atoms with Crippen LogP contribution in [0.15, 0.2) is 44.0 Å². The highest BCUT2D eigenvalue weighted by Gasteiger charge is 2.21. The lowest BCUT2D eigenvalue weighted by molar-refractivity contribution is 0.174. The van der Waals surface area contributed by atoms with Crippen LogP contribution in [-0.2, 0) is 0 Å². The van der Waals surface area contributed by atoms with Crippen LogP contribution < -0.4 is 19.6 Å². The van der Waals surface area contributed by atoms with Gasteiger partial charge in [0.15, 0.2) is 22.8 Å². The minimum Gasteiger partial charge on any atom is -0.490 e. The Kier molecular flexibility index (Phi) is 3.49. The summed E-state index contributed by atoms with van der Waals surface area (Å²) >= 11 is 3.47. The van der Waals surface area contributed by atoms with Gasteiger partial charge in [0.25, 0.3) is 0 Å². The maximum atomic E-state index is 12.8. The minimum atomic E-state index is -0.212. The minimum absolute atomic E-state index is 0.166. The smallest absolute Gasteiger partial charge is 0.235 e. The van der Waals surface area contributed by atoms with Gasteiger partial charge in [0, 0.05) is 5.56 Å². The van der Waals surface area contributed by atoms with E-state index in [1.165, 1.54) is 7.11 Å². The van der Waals surface area contributed by atoms with Gasteiger partial charge in [-0.3, -0.25) is 4.79 Å². The van der Waals surface area contributed by atoms with E-state index in [1.807, 2.05) is 19.1 Å². The summed E-state index contributed by atoms with van der Waals surface area (Å²) in [6.45, 7) is 2.10. The van der Waals surface area contributed by atoms with Gasteiger partial charge in [0.2, 0.25) is 18.0 Å². The van der Waals surface area contributed by atoms with Crippen LogP contribution in [-0.4, -0.2) is 13.9 Å². The molecule has 0 saturated carbocycles. The Labute approximate surface area is 145 Å². The number of halogens is 1. The standard InChI is InChI=1S/C18H13BrO5/c1-9-5-11-15(20)18(21-2)16(24-17(11)12(19)6-9)10-3-4-13-14(7-10)23-8-22-13/h3-7H,8H2,1-2H3. The molecular weight excluding hydrogens is 376 g/mol. The summed E-state index contributed by atoms with van der Waals surface area (Å²) in [7, 11) is 1.46. The second-order valence-electron chi connectivity index (χ2n) is 5.49. The molecule has 1 aliphatic rings. The first-order valence-electron chi connectivity index (χ1n) is 7.29. The van der Waals surface area contributed by atoms with E-state index in [1.54, 1.807) is 18.2 Å². The first-order chi connectivity index (χ1) is 11.6. The zero-order valence-electron chi connectivity index (χ0n) is 13.0. The third-order valence-corrected chi connectivity index (χ3v) is 4.48. The molecular formula is C18H13BrO5. The predicted octanol–water partition coefficient (Wildman–Crippen LogP) is 4.27. The van der Waals surface area contributed by atoms with Crippen molar-refractivity contribution in [3.05, 3.63) is 50.6 Å². The number of rotatable bonds is 2. The van der Waals surface area contributed by atoms with Gasteiger partial charge in [-0.2, -0.15) is 0 Å². The van der Waals surface area contributed by atoms with E-state index in [2.05, 4.69) is 15.9 Å². The van der Waals surface area contributed by atoms with Gasteiger partial charge in [-0.1, -0.05) is 0 Å². The molecule has 3 aromatic rings. The lowest BCUT2D eigenvalue weighted by atomic mass is 10.1. The van der Waals surface area contributed by atoms with E-state index in [9.17, 15) is 4.79 Å². The predicted molar refractivity (Wildman–Crippen MR) is 93.0 cm³/mol. The van der Waals surface area contributed by atoms with Crippen molar-refractivity contribution in [1.82, 2.24) is 0 Å². The number of ether oxygens (including phenoxy) is 3. The van der Waals surface area contributed by atoms with Gasteiger partial charge in [-0.15, -0.1) is 0 Å². The van der Waals surface area contributed by atoms with Crippen molar-refractivity contribution in [2.75, 3.05) is 13.9 Å². The summed E-state index contributed by atoms with van der Waals surface area (Å²) in [5, 5.41) is 0.475. The van der Waals surface area contributed by atoms with Crippen LogP contribution in [0.3, 0.4) is 0 Å². The first kappa shape index (κ1) is 15.1. The van der Waals surface area contributed by atoms with Crippen molar-refractivity contribution in [2.24, 2.45) is 0 Å². The Hall–Kier alpha value is -2.47. The first-order valence-corrected chi connectivity index (χ1v) is 8.09. The number of hydrogen-bond acceptors (Lipinski definition) is 5. The van der Waals surface area contributed by atoms with Crippen LogP contribution in [0.25, 0.3) is 22.3 Å². The Morgan fingerprint density at radius 3 is 2.71 bits per heavy atom. The molecule has 0 spiro atoms. The van der Waals surface area contributed by atoms with Crippen molar-refractivity contribution in [2.45, 2.75) is 6.92 Å². The Balaban J connectivity index is 2.03. The maximum Gasteiger partial charge on any atom is 0.235 e. The van der Waals surface area contributed by atoms with Gasteiger partial charge in [0.05, 0.1) is 17.0 Å². The molecule has 122 valence electrons. The van der Waals surface area contributed by atoms with Gasteiger partial charge >= 0.3 is 0 Å². The molecule has 1 aliphatic heterocycles. The highest BCUT2D eigenvalue weighted by molar-refractivity contribution is 9.10. The average molecular weight is 389 g/mol. The van der Waals surface area contributed by atoms with Gasteiger partial charge in [-0.25, -0.2) is 0 Å². The number of benzene rings is 2. The van der Waals surface area contributed by atoms with E-state index < -0.39 is 0 Å². The third kappa shape index (κ3) is 2.26. The molecule has 0 bridgehead atoms. The fourth-order valence-electron chi connectivity index (χ4n) is 2.79. The van der Waals surface area contributed by atoms with Crippen LogP contribution in [0.2, 0.25) is 0 Å². The van der Waals surface area contributed by atoms with Crippen molar-refractivity contribution in [1.29, 1.82) is 0 Å². The molecule has 0 N–H and O–H groups in total. The number of hydrogen-bond donors (Lipinski definition) is 0. The molecule has 2 aromatic carbocycles. The van der Waals surface area contributed by atoms with E-state index in [0.29, 0.717) is 33.8 Å². The molecule has 0 unspecified atom stereocenters. The van der Waals surface area contributed by atoms with Crippen LogP contribution in [0.1, 0.15) is 5.56 Å². The highest BCUT2D eigenvalue weighted by atomic mass is 79.9. The molecule has 2 heterocycles. The summed E-state index contributed by atoms with van der Waals surface area (Å²) in [6.07, 6.45) is 0. The van der Waals surface area contributed by atoms with Gasteiger partial charge in [-0.05, 0) is 58.7 Å². The molecule has 0 atom stereocenters. The van der Waals surface area contributed by atoms with E-state index in [-0.39, 0.29) is 18.0 Å². The molecule has 0 radical (unpaired) electrons. The molecule has 0 saturated heterocycles. The largest absolute Gasteiger partial charge is 0.490 e. The lowest BCUT2D eigenvalue weighted by Crippen LogP contribution is -2.08. The zero-order chi connectivity index (χ0) is 16.8. The quantitative estimate of drug-likeness (QED) is 0.655. The fourth-order valence-corrected chi connectivity index (χ4v) is 3.44. The van der Waals surface area contributed by atoms with Crippen LogP contribution in [0.4, 0.5) is 0 Å². The lowest BCUT2D eigenvalue weighted by Gasteiger charge is -2.11. The molecule has 24 heavy (non-hydrogen) atoms. The highest BCUT2D eigenvalue weighted by Crippen LogP contribution is 2.39. The van der Waals surface area contributed by atoms with Crippen LogP contribution in [0.5, 0.6) is 17.2 Å². The van der Waals surface area contributed by atoms with Crippen LogP contribution >= 0.6 is 15.9 Å². The summed E-state index contributed by atoms with van der Waals surface area (Å²) in [5.41, 5.74) is 1.91. The molecule has 6 heteroatoms. The molecule has 0 aliphatic carbocycles. The summed E-state index contributed by atoms with van der Waals surface area (Å²) in [5.74, 6) is 1.80. The number of fused-ring (bicyclic) bond motifs is 2. The Bertz CT molecular complexity index is 1020. The summed E-state index contributed by atoms with van der Waals surface area (Å²) < 4.78 is 22.8. The number of aryl methyl sites for hydroxylation is 1. The van der Waals surface area contributed by atoms with Crippen molar-refractivity contribution in [3.8, 4) is 28.6 Å². The van der Waals surface area contributed by atoms with Crippen molar-refractivity contribution in [3.63, 3.8) is 0 Å². The van der Waals surface area contributed by atoms with E-state index in [4.69, 9.17) is 18.6 Å². The molecule has 4 rings (SSSR count). The third-order valence-electron chi connectivity index (χ3n) is 3.89. The fraction of sp³-hybridized carbons (Fsp3) is 0.167. The summed E-state index contributed by atoms with van der Waals surface area (Å²) in [6, 6.07) is 9.06. The zero-order valence-corrected chi connectivity index (χ0v) is 14.6. The molecule has 0 fully saturated rings. The van der Waals surface area contributed by atoms with Crippen molar-refractivity contribution < 1.29 is 18.6 Å². The van der Waals surface area contributed by atoms with Crippen LogP contribution in [0, 0.1) is 6.92 Å². The second kappa shape index (κ2) is 5.56. The monoisotopic (exact) mass is 388 g/mol. The molecule has 1 aromatic heterocycles. The average Bonchev–Trinajstić information content (AvgIpc) is 3.03. The molecule has 0 amide bonds. The number of methoxy groups -OCH3 is 1. The topological polar surface area (TPSA) is 57.9 Å². The molecule has 5 nitrogen and oxygen atoms in total. The van der Waals surface area contributed by atoms with E-state index in [0.717, 1.165) is 10.0 Å². The van der Waals surface area contributed by atoms with Gasteiger partial charge in [0.1, 0.15) is 0 Å². The normalized spacial score (nSPS) is 12.6. The van der Waals surface area contributed by atoms with Crippen molar-refractivity contribution >= 4 is 26.9 Å². The SMILES string of the molecule is COc1c(-c2ccc3c(c2)OCO3)oc2c(Br)cc(C)cc2c1=O. The Morgan fingerprint density at radius 1 is 1.12 bits per heavy atom. The van der Waals surface area contributed by atoms with Gasteiger partial charge < -0.3 is 18.6 Å². The second-order valence-corrected chi connectivity index (χ2v) is 6.34.